The Morgan fingerprint density at radius 3 is 2.56 bits per heavy atom. The summed E-state index contributed by atoms with van der Waals surface area (Å²) in [4.78, 5) is 32.3. The fourth-order valence-electron chi connectivity index (χ4n) is 3.55. The molecule has 4 rings (SSSR count). The summed E-state index contributed by atoms with van der Waals surface area (Å²) in [6.45, 7) is 1.75. The van der Waals surface area contributed by atoms with Crippen LogP contribution >= 0.6 is 46.3 Å². The predicted molar refractivity (Wildman–Crippen MR) is 130 cm³/mol. The third-order valence-corrected chi connectivity index (χ3v) is 7.40. The van der Waals surface area contributed by atoms with Gasteiger partial charge in [-0.25, -0.2) is 9.79 Å². The van der Waals surface area contributed by atoms with Crippen molar-refractivity contribution in [1.29, 1.82) is 0 Å². The highest BCUT2D eigenvalue weighted by atomic mass is 35.5. The molecule has 1 atom stereocenters. The van der Waals surface area contributed by atoms with Gasteiger partial charge in [0, 0.05) is 14.9 Å². The van der Waals surface area contributed by atoms with Crippen molar-refractivity contribution in [1.82, 2.24) is 4.57 Å². The first-order valence-electron chi connectivity index (χ1n) is 9.54. The van der Waals surface area contributed by atoms with Gasteiger partial charge in [0.1, 0.15) is 0 Å². The number of hydrogen-bond donors (Lipinski definition) is 0. The lowest BCUT2D eigenvalue weighted by Crippen LogP contribution is -2.39. The Bertz CT molecular complexity index is 1420. The van der Waals surface area contributed by atoms with Crippen LogP contribution in [-0.4, -0.2) is 23.9 Å². The summed E-state index contributed by atoms with van der Waals surface area (Å²) in [6, 6.07) is 12.2. The van der Waals surface area contributed by atoms with Crippen molar-refractivity contribution in [3.63, 3.8) is 0 Å². The normalized spacial score (nSPS) is 16.0. The Balaban J connectivity index is 1.96. The van der Waals surface area contributed by atoms with E-state index in [4.69, 9.17) is 27.9 Å². The van der Waals surface area contributed by atoms with Crippen molar-refractivity contribution in [2.45, 2.75) is 17.9 Å². The molecule has 0 spiro atoms. The Hall–Kier alpha value is -2.32. The molecule has 0 amide bonds. The third-order valence-electron chi connectivity index (χ3n) is 5.11. The number of ether oxygens (including phenoxy) is 1. The molecular formula is C23H18Cl2N2O3S2. The number of rotatable bonds is 4. The second-order valence-corrected chi connectivity index (χ2v) is 9.74. The highest BCUT2D eigenvalue weighted by molar-refractivity contribution is 7.98. The smallest absolute Gasteiger partial charge is 0.338 e. The van der Waals surface area contributed by atoms with Crippen LogP contribution in [0.4, 0.5) is 0 Å². The average Bonchev–Trinajstić information content (AvgIpc) is 3.09. The van der Waals surface area contributed by atoms with Crippen LogP contribution in [0.2, 0.25) is 10.0 Å². The molecule has 5 nitrogen and oxygen atoms in total. The highest BCUT2D eigenvalue weighted by Crippen LogP contribution is 2.31. The zero-order valence-corrected chi connectivity index (χ0v) is 20.5. The summed E-state index contributed by atoms with van der Waals surface area (Å²) < 4.78 is 7.04. The first kappa shape index (κ1) is 22.9. The molecule has 2 aromatic carbocycles. The lowest BCUT2D eigenvalue weighted by atomic mass is 9.96. The molecule has 2 heterocycles. The van der Waals surface area contributed by atoms with E-state index in [0.717, 1.165) is 10.5 Å². The molecule has 164 valence electrons. The van der Waals surface area contributed by atoms with Gasteiger partial charge in [-0.2, -0.15) is 0 Å². The second-order valence-electron chi connectivity index (χ2n) is 7.01. The van der Waals surface area contributed by atoms with E-state index in [-0.39, 0.29) is 5.56 Å². The third kappa shape index (κ3) is 4.18. The van der Waals surface area contributed by atoms with E-state index in [1.165, 1.54) is 18.4 Å². The number of nitrogens with zero attached hydrogens (tertiary/aromatic N) is 2. The summed E-state index contributed by atoms with van der Waals surface area (Å²) in [5.41, 5.74) is 2.08. The molecule has 1 aliphatic heterocycles. The number of aromatic nitrogens is 1. The van der Waals surface area contributed by atoms with Crippen molar-refractivity contribution in [3.05, 3.63) is 94.6 Å². The highest BCUT2D eigenvalue weighted by Gasteiger charge is 2.33. The molecule has 1 aromatic heterocycles. The molecule has 0 fully saturated rings. The second kappa shape index (κ2) is 9.27. The van der Waals surface area contributed by atoms with Gasteiger partial charge in [0.2, 0.25) is 0 Å². The Morgan fingerprint density at radius 2 is 1.94 bits per heavy atom. The molecule has 0 radical (unpaired) electrons. The number of hydrogen-bond acceptors (Lipinski definition) is 6. The first-order valence-corrected chi connectivity index (χ1v) is 12.3. The standard InChI is InChI=1S/C23H18Cl2N2O3S2/c1-12-19(22(29)30-2)20(13-5-8-16(31-3)9-6-13)27-21(28)18(32-23(27)26-12)10-14-4-7-15(24)11-17(14)25/h4-11,20H,1-3H3. The van der Waals surface area contributed by atoms with E-state index in [2.05, 4.69) is 4.99 Å². The fraction of sp³-hybridized carbons (Fsp3) is 0.174. The number of halogens is 2. The van der Waals surface area contributed by atoms with E-state index in [1.54, 1.807) is 47.5 Å². The monoisotopic (exact) mass is 504 g/mol. The maximum Gasteiger partial charge on any atom is 0.338 e. The SMILES string of the molecule is COC(=O)C1=C(C)N=c2sc(=Cc3ccc(Cl)cc3Cl)c(=O)n2C1c1ccc(SC)cc1. The minimum absolute atomic E-state index is 0.257. The van der Waals surface area contributed by atoms with E-state index in [0.29, 0.717) is 36.2 Å². The Labute approximate surface area is 202 Å². The zero-order valence-electron chi connectivity index (χ0n) is 17.4. The maximum atomic E-state index is 13.5. The summed E-state index contributed by atoms with van der Waals surface area (Å²) in [6.07, 6.45) is 3.71. The quantitative estimate of drug-likeness (QED) is 0.389. The summed E-state index contributed by atoms with van der Waals surface area (Å²) in [5.74, 6) is -0.514. The van der Waals surface area contributed by atoms with Gasteiger partial charge >= 0.3 is 5.97 Å². The molecule has 1 aliphatic rings. The molecule has 0 bridgehead atoms. The van der Waals surface area contributed by atoms with Gasteiger partial charge in [0.15, 0.2) is 4.80 Å². The minimum atomic E-state index is -0.641. The fourth-order valence-corrected chi connectivity index (χ4v) is 5.46. The van der Waals surface area contributed by atoms with Gasteiger partial charge in [-0.3, -0.25) is 9.36 Å². The number of carbonyl (C=O) groups excluding carboxylic acids is 1. The topological polar surface area (TPSA) is 60.7 Å². The molecule has 0 N–H and O–H groups in total. The lowest BCUT2D eigenvalue weighted by molar-refractivity contribution is -0.136. The molecule has 32 heavy (non-hydrogen) atoms. The zero-order chi connectivity index (χ0) is 23.0. The molecule has 3 aromatic rings. The van der Waals surface area contributed by atoms with E-state index in [1.807, 2.05) is 30.5 Å². The van der Waals surface area contributed by atoms with Crippen LogP contribution in [-0.2, 0) is 9.53 Å². The number of allylic oxidation sites excluding steroid dienone is 1. The van der Waals surface area contributed by atoms with E-state index < -0.39 is 12.0 Å². The van der Waals surface area contributed by atoms with Gasteiger partial charge < -0.3 is 4.74 Å². The molecule has 9 heteroatoms. The lowest BCUT2D eigenvalue weighted by Gasteiger charge is -2.24. The molecule has 1 unspecified atom stereocenters. The first-order chi connectivity index (χ1) is 15.3. The van der Waals surface area contributed by atoms with Crippen molar-refractivity contribution in [2.75, 3.05) is 13.4 Å². The summed E-state index contributed by atoms with van der Waals surface area (Å²) in [5, 5.41) is 0.958. The van der Waals surface area contributed by atoms with Crippen molar-refractivity contribution >= 4 is 58.3 Å². The predicted octanol–water partition coefficient (Wildman–Crippen LogP) is 4.44. The molecular weight excluding hydrogens is 487 g/mol. The van der Waals surface area contributed by atoms with E-state index in [9.17, 15) is 9.59 Å². The molecule has 0 saturated carbocycles. The van der Waals surface area contributed by atoms with Crippen LogP contribution in [0.3, 0.4) is 0 Å². The Kier molecular flexibility index (Phi) is 6.62. The number of thiazole rings is 1. The number of methoxy groups -OCH3 is 1. The van der Waals surface area contributed by atoms with Crippen LogP contribution in [0.25, 0.3) is 6.08 Å². The van der Waals surface area contributed by atoms with Gasteiger partial charge in [-0.1, -0.05) is 52.7 Å². The number of esters is 1. The van der Waals surface area contributed by atoms with Gasteiger partial charge in [-0.15, -0.1) is 11.8 Å². The summed E-state index contributed by atoms with van der Waals surface area (Å²) in [7, 11) is 1.32. The van der Waals surface area contributed by atoms with Crippen molar-refractivity contribution in [3.8, 4) is 0 Å². The van der Waals surface area contributed by atoms with Gasteiger partial charge in [0.05, 0.1) is 29.0 Å². The van der Waals surface area contributed by atoms with E-state index >= 15 is 0 Å². The summed E-state index contributed by atoms with van der Waals surface area (Å²) >= 11 is 15.2. The molecule has 0 saturated heterocycles. The van der Waals surface area contributed by atoms with Crippen LogP contribution in [0, 0.1) is 0 Å². The van der Waals surface area contributed by atoms with Crippen molar-refractivity contribution in [2.24, 2.45) is 4.99 Å². The number of carbonyl (C=O) groups is 1. The number of fused-ring (bicyclic) bond motifs is 1. The molecule has 0 aliphatic carbocycles. The van der Waals surface area contributed by atoms with Gasteiger partial charge in [0.25, 0.3) is 5.56 Å². The maximum absolute atomic E-state index is 13.5. The van der Waals surface area contributed by atoms with Crippen LogP contribution < -0.4 is 14.9 Å². The Morgan fingerprint density at radius 1 is 1.22 bits per heavy atom. The number of thioether (sulfide) groups is 1. The average molecular weight is 505 g/mol. The minimum Gasteiger partial charge on any atom is -0.466 e. The van der Waals surface area contributed by atoms with Crippen LogP contribution in [0.15, 0.2) is 68.4 Å². The number of benzene rings is 2. The van der Waals surface area contributed by atoms with Crippen LogP contribution in [0.5, 0.6) is 0 Å². The largest absolute Gasteiger partial charge is 0.466 e. The van der Waals surface area contributed by atoms with Gasteiger partial charge in [-0.05, 0) is 54.6 Å². The van der Waals surface area contributed by atoms with Crippen molar-refractivity contribution < 1.29 is 9.53 Å². The van der Waals surface area contributed by atoms with Crippen LogP contribution in [0.1, 0.15) is 24.1 Å².